The number of anilines is 1. The molecular formula is C16H15ClN2O6S. The number of benzene rings is 2. The van der Waals surface area contributed by atoms with Gasteiger partial charge in [0.05, 0.1) is 22.6 Å². The zero-order valence-corrected chi connectivity index (χ0v) is 15.1. The lowest BCUT2D eigenvalue weighted by molar-refractivity contribution is -0.119. The number of carbonyl (C=O) groups is 2. The first-order chi connectivity index (χ1) is 12.2. The molecule has 2 aromatic rings. The van der Waals surface area contributed by atoms with Crippen LogP contribution in [0.5, 0.6) is 5.75 Å². The minimum atomic E-state index is -4.01. The van der Waals surface area contributed by atoms with Crippen LogP contribution in [0.2, 0.25) is 5.02 Å². The number of hydrogen-bond acceptors (Lipinski definition) is 6. The van der Waals surface area contributed by atoms with Gasteiger partial charge < -0.3 is 14.8 Å². The highest BCUT2D eigenvalue weighted by Gasteiger charge is 2.18. The van der Waals surface area contributed by atoms with Gasteiger partial charge >= 0.3 is 5.97 Å². The lowest BCUT2D eigenvalue weighted by atomic mass is 10.2. The average molecular weight is 399 g/mol. The van der Waals surface area contributed by atoms with E-state index in [0.717, 1.165) is 12.1 Å². The van der Waals surface area contributed by atoms with E-state index in [2.05, 4.69) is 5.32 Å². The number of amides is 1. The molecular weight excluding hydrogens is 384 g/mol. The summed E-state index contributed by atoms with van der Waals surface area (Å²) in [6, 6.07) is 9.89. The van der Waals surface area contributed by atoms with Crippen molar-refractivity contribution in [1.82, 2.24) is 0 Å². The maximum atomic E-state index is 12.0. The number of carbonyl (C=O) groups excluding carboxylic acids is 2. The van der Waals surface area contributed by atoms with E-state index in [1.807, 2.05) is 0 Å². The zero-order valence-electron chi connectivity index (χ0n) is 13.6. The minimum Gasteiger partial charge on any atom is -0.497 e. The van der Waals surface area contributed by atoms with Crippen LogP contribution < -0.4 is 15.2 Å². The number of sulfonamides is 1. The van der Waals surface area contributed by atoms with E-state index in [9.17, 15) is 18.0 Å². The molecule has 0 saturated heterocycles. The number of nitrogens with one attached hydrogen (secondary N) is 1. The molecule has 0 spiro atoms. The molecule has 26 heavy (non-hydrogen) atoms. The van der Waals surface area contributed by atoms with Crippen LogP contribution in [0.1, 0.15) is 10.4 Å². The number of rotatable bonds is 6. The number of primary sulfonamides is 1. The highest BCUT2D eigenvalue weighted by molar-refractivity contribution is 7.89. The van der Waals surface area contributed by atoms with Crippen molar-refractivity contribution in [3.8, 4) is 5.75 Å². The van der Waals surface area contributed by atoms with Gasteiger partial charge in [-0.3, -0.25) is 4.79 Å². The summed E-state index contributed by atoms with van der Waals surface area (Å²) >= 11 is 5.87. The largest absolute Gasteiger partial charge is 0.497 e. The van der Waals surface area contributed by atoms with Gasteiger partial charge in [0.1, 0.15) is 5.75 Å². The van der Waals surface area contributed by atoms with Crippen molar-refractivity contribution in [3.05, 3.63) is 53.1 Å². The lowest BCUT2D eigenvalue weighted by Gasteiger charge is -2.09. The second kappa shape index (κ2) is 8.17. The quantitative estimate of drug-likeness (QED) is 0.714. The van der Waals surface area contributed by atoms with Gasteiger partial charge in [0.15, 0.2) is 6.61 Å². The highest BCUT2D eigenvalue weighted by atomic mass is 35.5. The Hall–Kier alpha value is -2.62. The molecule has 0 saturated carbocycles. The Balaban J connectivity index is 2.00. The molecule has 0 heterocycles. The fourth-order valence-corrected chi connectivity index (χ4v) is 2.65. The molecule has 0 fully saturated rings. The SMILES string of the molecule is COc1ccc(NC(=O)COC(=O)c2cc(S(N)(=O)=O)ccc2Cl)cc1. The normalized spacial score (nSPS) is 10.9. The monoisotopic (exact) mass is 398 g/mol. The molecule has 0 aliphatic carbocycles. The second-order valence-corrected chi connectivity index (χ2v) is 7.01. The minimum absolute atomic E-state index is 0.0297. The van der Waals surface area contributed by atoms with Gasteiger partial charge in [0.2, 0.25) is 10.0 Å². The van der Waals surface area contributed by atoms with Crippen LogP contribution in [0.4, 0.5) is 5.69 Å². The summed E-state index contributed by atoms with van der Waals surface area (Å²) < 4.78 is 32.5. The Labute approximate surface area is 154 Å². The summed E-state index contributed by atoms with van der Waals surface area (Å²) in [6.07, 6.45) is 0. The molecule has 0 atom stereocenters. The molecule has 3 N–H and O–H groups in total. The molecule has 2 aromatic carbocycles. The van der Waals surface area contributed by atoms with Crippen LogP contribution in [0.15, 0.2) is 47.4 Å². The zero-order chi connectivity index (χ0) is 19.3. The predicted molar refractivity (Wildman–Crippen MR) is 94.7 cm³/mol. The van der Waals surface area contributed by atoms with Crippen LogP contribution in [0.3, 0.4) is 0 Å². The Kier molecular flexibility index (Phi) is 6.19. The van der Waals surface area contributed by atoms with Crippen LogP contribution in [0, 0.1) is 0 Å². The number of halogens is 1. The maximum Gasteiger partial charge on any atom is 0.340 e. The van der Waals surface area contributed by atoms with Gasteiger partial charge in [-0.25, -0.2) is 18.4 Å². The van der Waals surface area contributed by atoms with E-state index < -0.39 is 28.5 Å². The van der Waals surface area contributed by atoms with Gasteiger partial charge in [0.25, 0.3) is 5.91 Å². The van der Waals surface area contributed by atoms with Crippen molar-refractivity contribution in [2.75, 3.05) is 19.0 Å². The topological polar surface area (TPSA) is 125 Å². The third-order valence-corrected chi connectivity index (χ3v) is 4.43. The molecule has 10 heteroatoms. The van der Waals surface area contributed by atoms with Crippen LogP contribution in [0.25, 0.3) is 0 Å². The number of methoxy groups -OCH3 is 1. The van der Waals surface area contributed by atoms with Gasteiger partial charge in [-0.15, -0.1) is 0 Å². The van der Waals surface area contributed by atoms with Crippen molar-refractivity contribution in [1.29, 1.82) is 0 Å². The molecule has 0 unspecified atom stereocenters. The van der Waals surface area contributed by atoms with Crippen LogP contribution in [-0.2, 0) is 19.6 Å². The van der Waals surface area contributed by atoms with E-state index in [1.54, 1.807) is 24.3 Å². The van der Waals surface area contributed by atoms with Crippen molar-refractivity contribution in [2.24, 2.45) is 5.14 Å². The van der Waals surface area contributed by atoms with Crippen molar-refractivity contribution in [3.63, 3.8) is 0 Å². The van der Waals surface area contributed by atoms with E-state index in [-0.39, 0.29) is 15.5 Å². The Morgan fingerprint density at radius 1 is 1.15 bits per heavy atom. The summed E-state index contributed by atoms with van der Waals surface area (Å²) in [5, 5.41) is 7.51. The average Bonchev–Trinajstić information content (AvgIpc) is 2.59. The second-order valence-electron chi connectivity index (χ2n) is 5.04. The maximum absolute atomic E-state index is 12.0. The lowest BCUT2D eigenvalue weighted by Crippen LogP contribution is -2.21. The Morgan fingerprint density at radius 3 is 2.38 bits per heavy atom. The fourth-order valence-electron chi connectivity index (χ4n) is 1.92. The van der Waals surface area contributed by atoms with Crippen molar-refractivity contribution < 1.29 is 27.5 Å². The third kappa shape index (κ3) is 5.19. The predicted octanol–water partition coefficient (Wildman–Crippen LogP) is 1.79. The fraction of sp³-hybridized carbons (Fsp3) is 0.125. The first-order valence-electron chi connectivity index (χ1n) is 7.14. The standard InChI is InChI=1S/C16H15ClN2O6S/c1-24-11-4-2-10(3-5-11)19-15(20)9-25-16(21)13-8-12(26(18,22)23)6-7-14(13)17/h2-8H,9H2,1H3,(H,19,20)(H2,18,22,23). The van der Waals surface area contributed by atoms with Crippen LogP contribution in [-0.4, -0.2) is 34.0 Å². The van der Waals surface area contributed by atoms with E-state index in [4.69, 9.17) is 26.2 Å². The van der Waals surface area contributed by atoms with Gasteiger partial charge in [-0.05, 0) is 42.5 Å². The molecule has 8 nitrogen and oxygen atoms in total. The van der Waals surface area contributed by atoms with E-state index in [0.29, 0.717) is 11.4 Å². The van der Waals surface area contributed by atoms with Crippen molar-refractivity contribution in [2.45, 2.75) is 4.90 Å². The third-order valence-electron chi connectivity index (χ3n) is 3.19. The van der Waals surface area contributed by atoms with Gasteiger partial charge in [0, 0.05) is 5.69 Å². The van der Waals surface area contributed by atoms with Crippen molar-refractivity contribution >= 4 is 39.2 Å². The molecule has 0 radical (unpaired) electrons. The first kappa shape index (κ1) is 19.7. The molecule has 0 aliphatic rings. The molecule has 138 valence electrons. The van der Waals surface area contributed by atoms with E-state index in [1.165, 1.54) is 13.2 Å². The highest BCUT2D eigenvalue weighted by Crippen LogP contribution is 2.21. The van der Waals surface area contributed by atoms with E-state index >= 15 is 0 Å². The summed E-state index contributed by atoms with van der Waals surface area (Å²) in [5.41, 5.74) is 0.275. The Bertz CT molecular complexity index is 928. The molecule has 0 aromatic heterocycles. The molecule has 0 bridgehead atoms. The first-order valence-corrected chi connectivity index (χ1v) is 9.06. The number of esters is 1. The summed E-state index contributed by atoms with van der Waals surface area (Å²) in [5.74, 6) is -0.911. The molecule has 0 aliphatic heterocycles. The molecule has 1 amide bonds. The Morgan fingerprint density at radius 2 is 1.81 bits per heavy atom. The summed E-state index contributed by atoms with van der Waals surface area (Å²) in [7, 11) is -2.49. The number of ether oxygens (including phenoxy) is 2. The van der Waals surface area contributed by atoms with Crippen LogP contribution >= 0.6 is 11.6 Å². The molecule has 2 rings (SSSR count). The summed E-state index contributed by atoms with van der Waals surface area (Å²) in [4.78, 5) is 23.6. The number of nitrogens with two attached hydrogens (primary N) is 1. The van der Waals surface area contributed by atoms with Gasteiger partial charge in [-0.2, -0.15) is 0 Å². The van der Waals surface area contributed by atoms with Gasteiger partial charge in [-0.1, -0.05) is 11.6 Å². The number of hydrogen-bond donors (Lipinski definition) is 2. The smallest absolute Gasteiger partial charge is 0.340 e. The summed E-state index contributed by atoms with van der Waals surface area (Å²) in [6.45, 7) is -0.583.